The predicted molar refractivity (Wildman–Crippen MR) is 149 cm³/mol. The molecule has 0 amide bonds. The van der Waals surface area contributed by atoms with Crippen molar-refractivity contribution in [3.63, 3.8) is 0 Å². The average molecular weight is 581 g/mol. The van der Waals surface area contributed by atoms with Crippen LogP contribution in [-0.4, -0.2) is 51.4 Å². The van der Waals surface area contributed by atoms with Gasteiger partial charge in [-0.15, -0.1) is 0 Å². The van der Waals surface area contributed by atoms with Crippen LogP contribution in [0.25, 0.3) is 0 Å². The summed E-state index contributed by atoms with van der Waals surface area (Å²) in [5.41, 5.74) is 2.43. The van der Waals surface area contributed by atoms with Crippen LogP contribution in [0.2, 0.25) is 0 Å². The number of aliphatic hydroxyl groups is 1. The Morgan fingerprint density at radius 1 is 1.08 bits per heavy atom. The van der Waals surface area contributed by atoms with Gasteiger partial charge in [-0.05, 0) is 29.5 Å². The van der Waals surface area contributed by atoms with E-state index in [1.165, 1.54) is 0 Å². The molecule has 7 nitrogen and oxygen atoms in total. The Hall–Kier alpha value is -1.97. The summed E-state index contributed by atoms with van der Waals surface area (Å²) in [7, 11) is 1.62. The molecule has 0 aromatic heterocycles. The fraction of sp³-hybridized carbons (Fsp3) is 0.552. The second kappa shape index (κ2) is 16.1. The van der Waals surface area contributed by atoms with Gasteiger partial charge in [0.1, 0.15) is 5.75 Å². The number of rotatable bonds is 16. The first-order chi connectivity index (χ1) is 17.7. The van der Waals surface area contributed by atoms with E-state index in [1.54, 1.807) is 7.11 Å². The molecule has 8 heteroatoms. The van der Waals surface area contributed by atoms with Crippen LogP contribution < -0.4 is 10.1 Å². The molecule has 0 fully saturated rings. The van der Waals surface area contributed by atoms with E-state index in [2.05, 4.69) is 48.9 Å². The largest absolute Gasteiger partial charge is 0.467 e. The van der Waals surface area contributed by atoms with Crippen molar-refractivity contribution in [1.82, 2.24) is 5.32 Å². The Labute approximate surface area is 230 Å². The average Bonchev–Trinajstić information content (AvgIpc) is 2.87. The minimum absolute atomic E-state index is 0.0385. The molecule has 1 unspecified atom stereocenters. The summed E-state index contributed by atoms with van der Waals surface area (Å²) in [5, 5.41) is 13.8. The number of hydrogen-bond acceptors (Lipinski definition) is 7. The summed E-state index contributed by atoms with van der Waals surface area (Å²) >= 11 is 3.66. The van der Waals surface area contributed by atoms with Gasteiger partial charge in [0.2, 0.25) is 0 Å². The first-order valence-corrected chi connectivity index (χ1v) is 13.6. The number of hydrogen-bond donors (Lipinski definition) is 2. The van der Waals surface area contributed by atoms with Crippen LogP contribution >= 0.6 is 15.9 Å². The highest BCUT2D eigenvalue weighted by Crippen LogP contribution is 2.41. The lowest BCUT2D eigenvalue weighted by molar-refractivity contribution is -0.144. The number of carbonyl (C=O) groups excluding carboxylic acids is 1. The van der Waals surface area contributed by atoms with Crippen molar-refractivity contribution < 1.29 is 28.8 Å². The monoisotopic (exact) mass is 579 g/mol. The maximum Gasteiger partial charge on any atom is 0.307 e. The molecule has 0 heterocycles. The molecular formula is C29H42BrNO6. The zero-order valence-electron chi connectivity index (χ0n) is 22.7. The summed E-state index contributed by atoms with van der Waals surface area (Å²) in [6.45, 7) is 9.53. The van der Waals surface area contributed by atoms with Gasteiger partial charge in [0, 0.05) is 28.8 Å². The summed E-state index contributed by atoms with van der Waals surface area (Å²) in [4.78, 5) is 12.9. The van der Waals surface area contributed by atoms with Crippen molar-refractivity contribution in [2.45, 2.75) is 64.5 Å². The highest BCUT2D eigenvalue weighted by molar-refractivity contribution is 9.10. The molecule has 2 N–H and O–H groups in total. The first kappa shape index (κ1) is 31.2. The number of carbonyl (C=O) groups is 1. The molecule has 2 atom stereocenters. The van der Waals surface area contributed by atoms with Gasteiger partial charge in [-0.25, -0.2) is 0 Å². The molecule has 0 bridgehead atoms. The molecule has 0 aliphatic carbocycles. The number of nitrogens with one attached hydrogen (secondary N) is 1. The van der Waals surface area contributed by atoms with E-state index in [-0.39, 0.29) is 31.2 Å². The minimum atomic E-state index is -0.487. The Morgan fingerprint density at radius 3 is 2.43 bits per heavy atom. The zero-order chi connectivity index (χ0) is 27.3. The molecule has 2 aromatic rings. The van der Waals surface area contributed by atoms with Gasteiger partial charge < -0.3 is 29.4 Å². The SMILES string of the molecule is CCCCOC(=O)CC(N[C@H](CO)c1ccccc1)c1cc(Br)cc(C(C)(C)C)c1OCOCCOC. The standard InChI is InChI=1S/C29H42BrNO6/c1-6-7-13-36-27(33)18-25(31-26(19-32)21-11-9-8-10-12-21)23-16-22(30)17-24(29(2,3)4)28(23)37-20-35-15-14-34-5/h8-12,16-17,25-26,31-32H,6-7,13-15,18-20H2,1-5H3/t25?,26-/m1/s1. The van der Waals surface area contributed by atoms with E-state index in [1.807, 2.05) is 42.5 Å². The van der Waals surface area contributed by atoms with E-state index in [0.717, 1.165) is 34.0 Å². The third kappa shape index (κ3) is 10.4. The Kier molecular flexibility index (Phi) is 13.6. The van der Waals surface area contributed by atoms with Crippen LogP contribution in [0.3, 0.4) is 0 Å². The maximum absolute atomic E-state index is 12.9. The molecule has 0 saturated carbocycles. The van der Waals surface area contributed by atoms with E-state index in [0.29, 0.717) is 25.6 Å². The summed E-state index contributed by atoms with van der Waals surface area (Å²) in [5.74, 6) is 0.340. The number of halogens is 1. The van der Waals surface area contributed by atoms with E-state index >= 15 is 0 Å². The second-order valence-corrected chi connectivity index (χ2v) is 10.8. The van der Waals surface area contributed by atoms with Crippen LogP contribution in [0.4, 0.5) is 0 Å². The van der Waals surface area contributed by atoms with Gasteiger partial charge >= 0.3 is 5.97 Å². The minimum Gasteiger partial charge on any atom is -0.467 e. The molecule has 0 aliphatic rings. The number of benzene rings is 2. The van der Waals surface area contributed by atoms with E-state index in [4.69, 9.17) is 18.9 Å². The van der Waals surface area contributed by atoms with Gasteiger partial charge in [-0.2, -0.15) is 0 Å². The Balaban J connectivity index is 2.49. The molecule has 0 saturated heterocycles. The lowest BCUT2D eigenvalue weighted by Gasteiger charge is -2.30. The first-order valence-electron chi connectivity index (χ1n) is 12.8. The number of aliphatic hydroxyl groups excluding tert-OH is 1. The van der Waals surface area contributed by atoms with Crippen LogP contribution in [-0.2, 0) is 24.4 Å². The summed E-state index contributed by atoms with van der Waals surface area (Å²) in [6.07, 6.45) is 1.83. The van der Waals surface area contributed by atoms with Crippen molar-refractivity contribution in [2.24, 2.45) is 0 Å². The third-order valence-electron chi connectivity index (χ3n) is 5.90. The normalized spacial score (nSPS) is 13.3. The number of unbranched alkanes of at least 4 members (excludes halogenated alkanes) is 1. The van der Waals surface area contributed by atoms with Crippen molar-refractivity contribution >= 4 is 21.9 Å². The predicted octanol–water partition coefficient (Wildman–Crippen LogP) is 5.84. The van der Waals surface area contributed by atoms with Crippen LogP contribution in [0, 0.1) is 0 Å². The van der Waals surface area contributed by atoms with Crippen molar-refractivity contribution in [1.29, 1.82) is 0 Å². The van der Waals surface area contributed by atoms with Gasteiger partial charge in [0.05, 0.1) is 38.9 Å². The van der Waals surface area contributed by atoms with Gasteiger partial charge in [-0.1, -0.05) is 80.4 Å². The lowest BCUT2D eigenvalue weighted by Crippen LogP contribution is -2.32. The molecule has 0 radical (unpaired) electrons. The Bertz CT molecular complexity index is 947. The molecular weight excluding hydrogens is 538 g/mol. The summed E-state index contributed by atoms with van der Waals surface area (Å²) < 4.78 is 23.3. The zero-order valence-corrected chi connectivity index (χ0v) is 24.3. The molecule has 37 heavy (non-hydrogen) atoms. The maximum atomic E-state index is 12.9. The number of esters is 1. The molecule has 2 aromatic carbocycles. The summed E-state index contributed by atoms with van der Waals surface area (Å²) in [6, 6.07) is 12.8. The molecule has 0 spiro atoms. The molecule has 0 aliphatic heterocycles. The smallest absolute Gasteiger partial charge is 0.307 e. The Morgan fingerprint density at radius 2 is 1.81 bits per heavy atom. The van der Waals surface area contributed by atoms with Gasteiger partial charge in [0.25, 0.3) is 0 Å². The van der Waals surface area contributed by atoms with Crippen molar-refractivity contribution in [3.05, 3.63) is 63.6 Å². The van der Waals surface area contributed by atoms with Crippen molar-refractivity contribution in [3.8, 4) is 5.75 Å². The van der Waals surface area contributed by atoms with Crippen LogP contribution in [0.5, 0.6) is 5.75 Å². The molecule has 2 rings (SSSR count). The van der Waals surface area contributed by atoms with Gasteiger partial charge in [0.15, 0.2) is 6.79 Å². The topological polar surface area (TPSA) is 86.3 Å². The quantitative estimate of drug-likeness (QED) is 0.147. The van der Waals surface area contributed by atoms with Crippen LogP contribution in [0.15, 0.2) is 46.9 Å². The fourth-order valence-corrected chi connectivity index (χ4v) is 4.37. The number of ether oxygens (including phenoxy) is 4. The second-order valence-electron chi connectivity index (χ2n) is 9.93. The van der Waals surface area contributed by atoms with Crippen LogP contribution in [0.1, 0.15) is 75.7 Å². The van der Waals surface area contributed by atoms with Crippen molar-refractivity contribution in [2.75, 3.05) is 40.3 Å². The van der Waals surface area contributed by atoms with E-state index in [9.17, 15) is 9.90 Å². The highest BCUT2D eigenvalue weighted by atomic mass is 79.9. The lowest BCUT2D eigenvalue weighted by atomic mass is 9.83. The molecule has 206 valence electrons. The number of methoxy groups -OCH3 is 1. The fourth-order valence-electron chi connectivity index (χ4n) is 3.89. The van der Waals surface area contributed by atoms with Gasteiger partial charge in [-0.3, -0.25) is 4.79 Å². The highest BCUT2D eigenvalue weighted by Gasteiger charge is 2.29. The van der Waals surface area contributed by atoms with E-state index < -0.39 is 12.1 Å². The third-order valence-corrected chi connectivity index (χ3v) is 6.36.